The summed E-state index contributed by atoms with van der Waals surface area (Å²) in [4.78, 5) is 12.2. The molecule has 0 aliphatic rings. The summed E-state index contributed by atoms with van der Waals surface area (Å²) in [6.07, 6.45) is 0.933. The Morgan fingerprint density at radius 2 is 1.48 bits per heavy atom. The first-order chi connectivity index (χ1) is 12.1. The molecule has 2 aromatic rings. The van der Waals surface area contributed by atoms with Crippen LogP contribution in [-0.4, -0.2) is 34.3 Å². The third-order valence-electron chi connectivity index (χ3n) is 3.72. The van der Waals surface area contributed by atoms with Gasteiger partial charge in [-0.15, -0.1) is 0 Å². The normalized spacial score (nSPS) is 10.1. The molecule has 0 atom stereocenters. The monoisotopic (exact) mass is 345 g/mol. The number of aryl methyl sites for hydroxylation is 1. The number of hydrogen-bond donors (Lipinski definition) is 1. The first-order valence-corrected chi connectivity index (χ1v) is 7.83. The molecule has 0 saturated carbocycles. The highest BCUT2D eigenvalue weighted by Gasteiger charge is 2.09. The molecule has 0 aliphatic heterocycles. The van der Waals surface area contributed by atoms with Crippen LogP contribution in [0.2, 0.25) is 0 Å². The van der Waals surface area contributed by atoms with Gasteiger partial charge in [-0.25, -0.2) is 0 Å². The third-order valence-corrected chi connectivity index (χ3v) is 3.72. The zero-order valence-electron chi connectivity index (χ0n) is 14.9. The highest BCUT2D eigenvalue weighted by atomic mass is 16.5. The van der Waals surface area contributed by atoms with E-state index >= 15 is 0 Å². The second-order valence-electron chi connectivity index (χ2n) is 5.34. The van der Waals surface area contributed by atoms with Crippen molar-refractivity contribution in [2.45, 2.75) is 12.8 Å². The number of rotatable bonds is 8. The Morgan fingerprint density at radius 1 is 0.840 bits per heavy atom. The highest BCUT2D eigenvalue weighted by Crippen LogP contribution is 2.28. The topological polar surface area (TPSA) is 66.0 Å². The van der Waals surface area contributed by atoms with Gasteiger partial charge in [-0.1, -0.05) is 6.07 Å². The van der Waals surface area contributed by atoms with Crippen LogP contribution in [-0.2, 0) is 11.2 Å². The number of benzene rings is 2. The predicted octanol–water partition coefficient (Wildman–Crippen LogP) is 3.29. The van der Waals surface area contributed by atoms with Crippen LogP contribution in [0.1, 0.15) is 12.0 Å². The minimum absolute atomic E-state index is 0.0925. The Bertz CT molecular complexity index is 707. The van der Waals surface area contributed by atoms with Gasteiger partial charge in [0.1, 0.15) is 11.5 Å². The first kappa shape index (κ1) is 18.4. The summed E-state index contributed by atoms with van der Waals surface area (Å²) >= 11 is 0. The smallest absolute Gasteiger partial charge is 0.224 e. The van der Waals surface area contributed by atoms with Crippen molar-refractivity contribution in [3.8, 4) is 23.0 Å². The number of carbonyl (C=O) groups is 1. The van der Waals surface area contributed by atoms with Gasteiger partial charge >= 0.3 is 0 Å². The summed E-state index contributed by atoms with van der Waals surface area (Å²) in [7, 11) is 6.31. The fraction of sp³-hybridized carbons (Fsp3) is 0.316. The molecule has 0 saturated heterocycles. The summed E-state index contributed by atoms with van der Waals surface area (Å²) in [5.74, 6) is 2.46. The standard InChI is InChI=1S/C19H23NO5/c1-22-15-10-14(11-16(12-15)23-2)20-19(21)8-6-13-5-7-17(24-3)18(9-13)25-4/h5,7,9-12H,6,8H2,1-4H3,(H,20,21). The van der Waals surface area contributed by atoms with E-state index in [0.717, 1.165) is 5.56 Å². The summed E-state index contributed by atoms with van der Waals surface area (Å²) in [5, 5.41) is 2.86. The molecular weight excluding hydrogens is 322 g/mol. The molecule has 0 unspecified atom stereocenters. The van der Waals surface area contributed by atoms with E-state index in [1.807, 2.05) is 18.2 Å². The zero-order chi connectivity index (χ0) is 18.2. The summed E-state index contributed by atoms with van der Waals surface area (Å²) in [5.41, 5.74) is 1.63. The average Bonchev–Trinajstić information content (AvgIpc) is 2.65. The third kappa shape index (κ3) is 5.04. The molecule has 0 radical (unpaired) electrons. The number of nitrogens with one attached hydrogen (secondary N) is 1. The van der Waals surface area contributed by atoms with E-state index in [1.54, 1.807) is 46.6 Å². The lowest BCUT2D eigenvalue weighted by molar-refractivity contribution is -0.116. The Balaban J connectivity index is 1.99. The van der Waals surface area contributed by atoms with Crippen molar-refractivity contribution in [3.63, 3.8) is 0 Å². The molecule has 1 N–H and O–H groups in total. The minimum atomic E-state index is -0.0925. The average molecular weight is 345 g/mol. The van der Waals surface area contributed by atoms with Crippen molar-refractivity contribution in [1.82, 2.24) is 0 Å². The molecule has 0 aromatic heterocycles. The Labute approximate surface area is 147 Å². The number of methoxy groups -OCH3 is 4. The second-order valence-corrected chi connectivity index (χ2v) is 5.34. The molecule has 6 heteroatoms. The highest BCUT2D eigenvalue weighted by molar-refractivity contribution is 5.91. The molecule has 1 amide bonds. The lowest BCUT2D eigenvalue weighted by Crippen LogP contribution is -2.12. The quantitative estimate of drug-likeness (QED) is 0.795. The number of carbonyl (C=O) groups excluding carboxylic acids is 1. The lowest BCUT2D eigenvalue weighted by atomic mass is 10.1. The van der Waals surface area contributed by atoms with Gasteiger partial charge in [0.15, 0.2) is 11.5 Å². The number of hydrogen-bond acceptors (Lipinski definition) is 5. The molecule has 0 aliphatic carbocycles. The van der Waals surface area contributed by atoms with Gasteiger partial charge in [-0.3, -0.25) is 4.79 Å². The van der Waals surface area contributed by atoms with E-state index < -0.39 is 0 Å². The van der Waals surface area contributed by atoms with E-state index in [0.29, 0.717) is 41.5 Å². The van der Waals surface area contributed by atoms with E-state index in [4.69, 9.17) is 18.9 Å². The van der Waals surface area contributed by atoms with Crippen molar-refractivity contribution in [2.24, 2.45) is 0 Å². The van der Waals surface area contributed by atoms with Gasteiger partial charge in [0.05, 0.1) is 28.4 Å². The summed E-state index contributed by atoms with van der Waals surface area (Å²) in [6.45, 7) is 0. The van der Waals surface area contributed by atoms with Gasteiger partial charge in [0.2, 0.25) is 5.91 Å². The second kappa shape index (κ2) is 8.82. The van der Waals surface area contributed by atoms with Crippen LogP contribution in [0.4, 0.5) is 5.69 Å². The summed E-state index contributed by atoms with van der Waals surface area (Å²) in [6, 6.07) is 10.9. The van der Waals surface area contributed by atoms with E-state index in [-0.39, 0.29) is 5.91 Å². The first-order valence-electron chi connectivity index (χ1n) is 7.83. The molecule has 25 heavy (non-hydrogen) atoms. The van der Waals surface area contributed by atoms with Gasteiger partial charge in [-0.2, -0.15) is 0 Å². The molecule has 2 aromatic carbocycles. The van der Waals surface area contributed by atoms with Crippen LogP contribution in [0, 0.1) is 0 Å². The van der Waals surface area contributed by atoms with Crippen molar-refractivity contribution in [1.29, 1.82) is 0 Å². The Kier molecular flexibility index (Phi) is 6.51. The molecule has 0 bridgehead atoms. The van der Waals surface area contributed by atoms with Crippen molar-refractivity contribution >= 4 is 11.6 Å². The maximum Gasteiger partial charge on any atom is 0.224 e. The van der Waals surface area contributed by atoms with Gasteiger partial charge < -0.3 is 24.3 Å². The predicted molar refractivity (Wildman–Crippen MR) is 96.0 cm³/mol. The fourth-order valence-corrected chi connectivity index (χ4v) is 2.40. The molecule has 0 heterocycles. The largest absolute Gasteiger partial charge is 0.497 e. The van der Waals surface area contributed by atoms with Crippen LogP contribution in [0.3, 0.4) is 0 Å². The molecule has 0 spiro atoms. The van der Waals surface area contributed by atoms with Crippen LogP contribution >= 0.6 is 0 Å². The van der Waals surface area contributed by atoms with Crippen LogP contribution in [0.25, 0.3) is 0 Å². The van der Waals surface area contributed by atoms with Crippen LogP contribution < -0.4 is 24.3 Å². The van der Waals surface area contributed by atoms with Crippen LogP contribution in [0.15, 0.2) is 36.4 Å². The Morgan fingerprint density at radius 3 is 2.04 bits per heavy atom. The van der Waals surface area contributed by atoms with E-state index in [1.165, 1.54) is 0 Å². The van der Waals surface area contributed by atoms with Gasteiger partial charge in [0, 0.05) is 30.3 Å². The lowest BCUT2D eigenvalue weighted by Gasteiger charge is -2.11. The molecular formula is C19H23NO5. The summed E-state index contributed by atoms with van der Waals surface area (Å²) < 4.78 is 20.9. The van der Waals surface area contributed by atoms with Gasteiger partial charge in [-0.05, 0) is 24.1 Å². The van der Waals surface area contributed by atoms with Crippen molar-refractivity contribution < 1.29 is 23.7 Å². The van der Waals surface area contributed by atoms with Gasteiger partial charge in [0.25, 0.3) is 0 Å². The Hall–Kier alpha value is -2.89. The molecule has 6 nitrogen and oxygen atoms in total. The fourth-order valence-electron chi connectivity index (χ4n) is 2.40. The number of amides is 1. The zero-order valence-corrected chi connectivity index (χ0v) is 14.9. The number of anilines is 1. The van der Waals surface area contributed by atoms with Crippen LogP contribution in [0.5, 0.6) is 23.0 Å². The maximum absolute atomic E-state index is 12.2. The van der Waals surface area contributed by atoms with Crippen molar-refractivity contribution in [2.75, 3.05) is 33.8 Å². The van der Waals surface area contributed by atoms with E-state index in [9.17, 15) is 4.79 Å². The van der Waals surface area contributed by atoms with Crippen molar-refractivity contribution in [3.05, 3.63) is 42.0 Å². The van der Waals surface area contributed by atoms with E-state index in [2.05, 4.69) is 5.32 Å². The minimum Gasteiger partial charge on any atom is -0.497 e. The number of ether oxygens (including phenoxy) is 4. The molecule has 134 valence electrons. The molecule has 0 fully saturated rings. The SMILES string of the molecule is COc1cc(NC(=O)CCc2ccc(OC)c(OC)c2)cc(OC)c1. The molecule has 2 rings (SSSR count). The maximum atomic E-state index is 12.2.